The van der Waals surface area contributed by atoms with Gasteiger partial charge in [0, 0.05) is 43.2 Å². The quantitative estimate of drug-likeness (QED) is 0.328. The maximum Gasteiger partial charge on any atom is 0.420 e. The third-order valence-corrected chi connectivity index (χ3v) is 6.03. The highest BCUT2D eigenvalue weighted by molar-refractivity contribution is 7.98. The van der Waals surface area contributed by atoms with Gasteiger partial charge < -0.3 is 5.32 Å². The van der Waals surface area contributed by atoms with Crippen LogP contribution in [0.4, 0.5) is 36.4 Å². The SMILES string of the molecule is CO[n+]1ccc(NC(=O)c2c(C(F)(F)F)c(C(C)(F)F)nn2CC2(C)CC(F)(F)C2)cc1SC. The molecule has 0 aromatic carbocycles. The van der Waals surface area contributed by atoms with E-state index in [1.165, 1.54) is 48.9 Å². The first-order valence-electron chi connectivity index (χ1n) is 9.89. The van der Waals surface area contributed by atoms with E-state index in [2.05, 4.69) is 10.4 Å². The van der Waals surface area contributed by atoms with Crippen LogP contribution in [0.1, 0.15) is 48.4 Å². The molecule has 0 saturated heterocycles. The van der Waals surface area contributed by atoms with Crippen LogP contribution in [0.25, 0.3) is 0 Å². The van der Waals surface area contributed by atoms with E-state index in [9.17, 15) is 35.5 Å². The molecule has 2 aromatic heterocycles. The summed E-state index contributed by atoms with van der Waals surface area (Å²) in [6, 6.07) is 2.74. The summed E-state index contributed by atoms with van der Waals surface area (Å²) in [5, 5.41) is 6.15. The van der Waals surface area contributed by atoms with Crippen LogP contribution in [0.2, 0.25) is 0 Å². The lowest BCUT2D eigenvalue weighted by Crippen LogP contribution is -2.47. The minimum absolute atomic E-state index is 0.0646. The van der Waals surface area contributed by atoms with Gasteiger partial charge in [-0.1, -0.05) is 18.7 Å². The molecule has 1 fully saturated rings. The predicted octanol–water partition coefficient (Wildman–Crippen LogP) is 4.77. The van der Waals surface area contributed by atoms with Crippen LogP contribution in [0.3, 0.4) is 0 Å². The van der Waals surface area contributed by atoms with Crippen molar-refractivity contribution in [2.75, 3.05) is 18.7 Å². The maximum absolute atomic E-state index is 14.1. The summed E-state index contributed by atoms with van der Waals surface area (Å²) >= 11 is 1.21. The number of carbonyl (C=O) groups excluding carboxylic acids is 1. The molecule has 6 nitrogen and oxygen atoms in total. The largest absolute Gasteiger partial charge is 0.420 e. The minimum atomic E-state index is -5.36. The third-order valence-electron chi connectivity index (χ3n) is 5.32. The number of thioether (sulfide) groups is 1. The van der Waals surface area contributed by atoms with Crippen LogP contribution in [0.5, 0.6) is 0 Å². The van der Waals surface area contributed by atoms with E-state index < -0.39 is 65.7 Å². The van der Waals surface area contributed by atoms with E-state index in [1.54, 1.807) is 6.26 Å². The summed E-state index contributed by atoms with van der Waals surface area (Å²) in [5.74, 6) is -8.42. The number of nitrogens with zero attached hydrogens (tertiary/aromatic N) is 3. The molecule has 14 heteroatoms. The van der Waals surface area contributed by atoms with Crippen LogP contribution in [-0.2, 0) is 18.6 Å². The van der Waals surface area contributed by atoms with E-state index in [1.807, 2.05) is 0 Å². The lowest BCUT2D eigenvalue weighted by molar-refractivity contribution is -0.913. The van der Waals surface area contributed by atoms with Crippen LogP contribution in [0, 0.1) is 5.41 Å². The number of aromatic nitrogens is 3. The maximum atomic E-state index is 14.1. The molecule has 0 bridgehead atoms. The highest BCUT2D eigenvalue weighted by Crippen LogP contribution is 2.53. The van der Waals surface area contributed by atoms with Crippen molar-refractivity contribution in [1.82, 2.24) is 9.78 Å². The second kappa shape index (κ2) is 8.61. The fraction of sp³-hybridized carbons (Fsp3) is 0.550. The van der Waals surface area contributed by atoms with Crippen molar-refractivity contribution in [2.24, 2.45) is 5.41 Å². The number of rotatable bonds is 7. The number of carbonyl (C=O) groups is 1. The molecule has 2 aromatic rings. The third kappa shape index (κ3) is 5.26. The Morgan fingerprint density at radius 2 is 1.91 bits per heavy atom. The van der Waals surface area contributed by atoms with Gasteiger partial charge in [-0.15, -0.1) is 0 Å². The highest BCUT2D eigenvalue weighted by Gasteiger charge is 2.55. The number of hydrogen-bond donors (Lipinski definition) is 1. The van der Waals surface area contributed by atoms with Crippen LogP contribution in [0.15, 0.2) is 23.4 Å². The van der Waals surface area contributed by atoms with Crippen molar-refractivity contribution in [3.8, 4) is 0 Å². The zero-order valence-electron chi connectivity index (χ0n) is 18.6. The predicted molar refractivity (Wildman–Crippen MR) is 108 cm³/mol. The van der Waals surface area contributed by atoms with Crippen molar-refractivity contribution in [1.29, 1.82) is 0 Å². The highest BCUT2D eigenvalue weighted by atomic mass is 32.2. The second-order valence-electron chi connectivity index (χ2n) is 8.56. The van der Waals surface area contributed by atoms with E-state index in [-0.39, 0.29) is 12.6 Å². The Bertz CT molecular complexity index is 1090. The van der Waals surface area contributed by atoms with E-state index >= 15 is 0 Å². The molecule has 1 saturated carbocycles. The molecule has 1 aliphatic rings. The fourth-order valence-corrected chi connectivity index (χ4v) is 4.65. The van der Waals surface area contributed by atoms with Gasteiger partial charge in [0.05, 0.1) is 5.69 Å². The molecule has 1 N–H and O–H groups in total. The molecule has 1 amide bonds. The van der Waals surface area contributed by atoms with Gasteiger partial charge in [-0.25, -0.2) is 8.78 Å². The molecule has 1 aliphatic carbocycles. The van der Waals surface area contributed by atoms with Gasteiger partial charge in [0.25, 0.3) is 16.9 Å². The molecular weight excluding hydrogens is 493 g/mol. The molecule has 188 valence electrons. The number of halogens is 7. The fourth-order valence-electron chi connectivity index (χ4n) is 4.09. The summed E-state index contributed by atoms with van der Waals surface area (Å²) in [6.07, 6.45) is -3.62. The van der Waals surface area contributed by atoms with Crippen molar-refractivity contribution < 1.29 is 45.1 Å². The Balaban J connectivity index is 2.09. The standard InChI is InChI=1S/C20H21F7N4O2S/c1-17(8-19(23,24)9-17)10-30-14(13(20(25,26)27)15(29-30)18(2,21)22)16(32)28-11-5-6-31(33-3)12(7-11)34-4/h5-7H,8-10H2,1-4H3/p+1. The first-order valence-corrected chi connectivity index (χ1v) is 11.1. The monoisotopic (exact) mass is 515 g/mol. The first kappa shape index (κ1) is 26.1. The molecule has 0 unspecified atom stereocenters. The topological polar surface area (TPSA) is 60.0 Å². The Morgan fingerprint density at radius 1 is 1.29 bits per heavy atom. The van der Waals surface area contributed by atoms with Crippen molar-refractivity contribution in [2.45, 2.75) is 56.3 Å². The molecule has 0 aliphatic heterocycles. The van der Waals surface area contributed by atoms with Crippen LogP contribution < -0.4 is 14.9 Å². The lowest BCUT2D eigenvalue weighted by atomic mass is 9.67. The van der Waals surface area contributed by atoms with Gasteiger partial charge in [-0.2, -0.15) is 27.1 Å². The number of hydrogen-bond acceptors (Lipinski definition) is 4. The zero-order chi connectivity index (χ0) is 25.7. The second-order valence-corrected chi connectivity index (χ2v) is 9.38. The molecule has 0 atom stereocenters. The van der Waals surface area contributed by atoms with Gasteiger partial charge in [0.15, 0.2) is 0 Å². The summed E-state index contributed by atoms with van der Waals surface area (Å²) in [6.45, 7) is 1.02. The van der Waals surface area contributed by atoms with E-state index in [4.69, 9.17) is 4.84 Å². The number of nitrogens with one attached hydrogen (secondary N) is 1. The van der Waals surface area contributed by atoms with Gasteiger partial charge in [0.1, 0.15) is 24.1 Å². The molecule has 0 spiro atoms. The van der Waals surface area contributed by atoms with Gasteiger partial charge >= 0.3 is 6.18 Å². The number of alkyl halides is 7. The van der Waals surface area contributed by atoms with E-state index in [0.717, 1.165) is 0 Å². The molecular formula is C20H22F7N4O2S+. The average Bonchev–Trinajstić information content (AvgIpc) is 3.05. The Hall–Kier alpha value is -2.51. The molecule has 0 radical (unpaired) electrons. The summed E-state index contributed by atoms with van der Waals surface area (Å²) in [5.41, 5.74) is -5.88. The smallest absolute Gasteiger partial charge is 0.320 e. The number of anilines is 1. The van der Waals surface area contributed by atoms with Gasteiger partial charge in [-0.05, 0) is 11.7 Å². The Morgan fingerprint density at radius 3 is 2.38 bits per heavy atom. The summed E-state index contributed by atoms with van der Waals surface area (Å²) in [4.78, 5) is 18.1. The van der Waals surface area contributed by atoms with Crippen LogP contribution in [-0.4, -0.2) is 35.0 Å². The van der Waals surface area contributed by atoms with Gasteiger partial charge in [-0.3, -0.25) is 14.3 Å². The molecule has 3 rings (SSSR count). The van der Waals surface area contributed by atoms with Crippen molar-refractivity contribution in [3.05, 3.63) is 35.3 Å². The van der Waals surface area contributed by atoms with Crippen molar-refractivity contribution >= 4 is 23.4 Å². The molecule has 34 heavy (non-hydrogen) atoms. The molecule has 2 heterocycles. The Labute approximate surface area is 194 Å². The first-order chi connectivity index (χ1) is 15.5. The Kier molecular flexibility index (Phi) is 6.61. The normalized spacial score (nSPS) is 17.3. The minimum Gasteiger partial charge on any atom is -0.320 e. The lowest BCUT2D eigenvalue weighted by Gasteiger charge is -2.44. The number of amides is 1. The summed E-state index contributed by atoms with van der Waals surface area (Å²) in [7, 11) is 1.38. The summed E-state index contributed by atoms with van der Waals surface area (Å²) < 4.78 is 98.7. The average molecular weight is 515 g/mol. The van der Waals surface area contributed by atoms with E-state index in [0.29, 0.717) is 9.71 Å². The van der Waals surface area contributed by atoms with Gasteiger partial charge in [0.2, 0.25) is 12.1 Å². The van der Waals surface area contributed by atoms with Crippen molar-refractivity contribution in [3.63, 3.8) is 0 Å². The van der Waals surface area contributed by atoms with Crippen LogP contribution >= 0.6 is 11.8 Å². The zero-order valence-corrected chi connectivity index (χ0v) is 19.4. The number of pyridine rings is 1.